The van der Waals surface area contributed by atoms with Crippen molar-refractivity contribution in [2.24, 2.45) is 23.2 Å². The molecule has 0 spiro atoms. The highest BCUT2D eigenvalue weighted by Crippen LogP contribution is 2.55. The maximum Gasteiger partial charge on any atom is 0.148 e. The summed E-state index contributed by atoms with van der Waals surface area (Å²) in [4.78, 5) is 12.5. The molecule has 0 saturated heterocycles. The van der Waals surface area contributed by atoms with Crippen LogP contribution in [0.25, 0.3) is 0 Å². The molecule has 0 radical (unpaired) electrons. The molecule has 4 unspecified atom stereocenters. The minimum atomic E-state index is -0.0489. The number of halogens is 1. The van der Waals surface area contributed by atoms with Crippen molar-refractivity contribution in [1.29, 1.82) is 0 Å². The molecule has 0 amide bonds. The molecule has 0 heterocycles. The van der Waals surface area contributed by atoms with Gasteiger partial charge in [0, 0.05) is 27.7 Å². The molecule has 0 aliphatic heterocycles. The summed E-state index contributed by atoms with van der Waals surface area (Å²) >= 11 is 3.48. The molecule has 17 heavy (non-hydrogen) atoms. The highest BCUT2D eigenvalue weighted by atomic mass is 79.9. The summed E-state index contributed by atoms with van der Waals surface area (Å²) in [6, 6.07) is 0. The molecule has 4 atom stereocenters. The molecule has 88 valence electrons. The normalized spacial score (nSPS) is 43.0. The van der Waals surface area contributed by atoms with Crippen LogP contribution < -0.4 is 0 Å². The number of allylic oxidation sites excluding steroid dienone is 8. The molecular formula is C15H15BrO. The third-order valence-electron chi connectivity index (χ3n) is 4.35. The third kappa shape index (κ3) is 1.46. The number of rotatable bonds is 0. The Bertz CT molecular complexity index is 509. The number of hydrogen-bond donors (Lipinski definition) is 0. The maximum absolute atomic E-state index is 12.5. The molecular weight excluding hydrogens is 276 g/mol. The topological polar surface area (TPSA) is 17.1 Å². The minimum absolute atomic E-state index is 0.0173. The first-order chi connectivity index (χ1) is 8.02. The zero-order valence-electron chi connectivity index (χ0n) is 9.98. The van der Waals surface area contributed by atoms with E-state index in [0.717, 1.165) is 4.48 Å². The van der Waals surface area contributed by atoms with Crippen LogP contribution in [0.2, 0.25) is 0 Å². The first-order valence-electron chi connectivity index (χ1n) is 5.99. The van der Waals surface area contributed by atoms with Gasteiger partial charge in [-0.3, -0.25) is 4.79 Å². The lowest BCUT2D eigenvalue weighted by Crippen LogP contribution is -2.28. The van der Waals surface area contributed by atoms with E-state index in [9.17, 15) is 4.79 Å². The van der Waals surface area contributed by atoms with E-state index < -0.39 is 0 Å². The van der Waals surface area contributed by atoms with Gasteiger partial charge in [-0.25, -0.2) is 0 Å². The van der Waals surface area contributed by atoms with Crippen LogP contribution in [0.15, 0.2) is 46.5 Å². The van der Waals surface area contributed by atoms with Gasteiger partial charge < -0.3 is 0 Å². The Morgan fingerprint density at radius 2 is 2.06 bits per heavy atom. The first kappa shape index (κ1) is 11.2. The second-order valence-corrected chi connectivity index (χ2v) is 6.37. The average Bonchev–Trinajstić information content (AvgIpc) is 2.50. The van der Waals surface area contributed by atoms with Crippen LogP contribution in [0.3, 0.4) is 0 Å². The van der Waals surface area contributed by atoms with Gasteiger partial charge >= 0.3 is 0 Å². The van der Waals surface area contributed by atoms with Gasteiger partial charge in [0.25, 0.3) is 0 Å². The summed E-state index contributed by atoms with van der Waals surface area (Å²) in [6.07, 6.45) is 12.8. The van der Waals surface area contributed by atoms with Gasteiger partial charge in [0.1, 0.15) is 5.78 Å². The predicted molar refractivity (Wildman–Crippen MR) is 72.6 cm³/mol. The molecule has 2 heteroatoms. The van der Waals surface area contributed by atoms with Crippen molar-refractivity contribution in [2.75, 3.05) is 0 Å². The number of Topliss-reactive ketones (excluding diaryl/α,β-unsaturated/α-hetero) is 1. The van der Waals surface area contributed by atoms with Gasteiger partial charge in [0.2, 0.25) is 0 Å². The second-order valence-electron chi connectivity index (χ2n) is 5.45. The standard InChI is InChI=1S/C15H15BrO/c1-9-3-4-12-11(7-9)14(17)13-8-10(16)5-6-15(12,13)2/h3-8,11-13H,1-2H3. The zero-order valence-corrected chi connectivity index (χ0v) is 11.6. The van der Waals surface area contributed by atoms with Gasteiger partial charge in [-0.2, -0.15) is 0 Å². The Hall–Kier alpha value is -0.890. The number of ketones is 1. The molecule has 0 aromatic carbocycles. The fourth-order valence-electron chi connectivity index (χ4n) is 3.34. The first-order valence-corrected chi connectivity index (χ1v) is 6.78. The van der Waals surface area contributed by atoms with Crippen molar-refractivity contribution >= 4 is 21.7 Å². The van der Waals surface area contributed by atoms with Crippen molar-refractivity contribution < 1.29 is 4.79 Å². The molecule has 1 saturated carbocycles. The van der Waals surface area contributed by atoms with Crippen LogP contribution in [0, 0.1) is 23.2 Å². The predicted octanol–water partition coefficient (Wildman–Crippen LogP) is 3.79. The average molecular weight is 291 g/mol. The van der Waals surface area contributed by atoms with Gasteiger partial charge in [-0.1, -0.05) is 64.9 Å². The molecule has 1 fully saturated rings. The summed E-state index contributed by atoms with van der Waals surface area (Å²) < 4.78 is 1.02. The minimum Gasteiger partial charge on any atom is -0.298 e. The smallest absolute Gasteiger partial charge is 0.148 e. The van der Waals surface area contributed by atoms with Gasteiger partial charge in [0.15, 0.2) is 0 Å². The van der Waals surface area contributed by atoms with Gasteiger partial charge in [-0.05, 0) is 6.92 Å². The third-order valence-corrected chi connectivity index (χ3v) is 4.88. The van der Waals surface area contributed by atoms with E-state index in [1.54, 1.807) is 0 Å². The Kier molecular flexibility index (Phi) is 2.34. The van der Waals surface area contributed by atoms with Crippen molar-refractivity contribution in [3.8, 4) is 0 Å². The SMILES string of the molecule is CC1=CC2C(=O)C3C=C(Br)C=CC3(C)C2C=C1. The molecule has 0 aromatic rings. The summed E-state index contributed by atoms with van der Waals surface area (Å²) in [6.45, 7) is 4.26. The molecule has 0 N–H and O–H groups in total. The largest absolute Gasteiger partial charge is 0.298 e. The lowest BCUT2D eigenvalue weighted by Gasteiger charge is -2.34. The lowest BCUT2D eigenvalue weighted by molar-refractivity contribution is -0.122. The van der Waals surface area contributed by atoms with Gasteiger partial charge in [0.05, 0.1) is 0 Å². The summed E-state index contributed by atoms with van der Waals surface area (Å²) in [5, 5.41) is 0. The number of carbonyl (C=O) groups excluding carboxylic acids is 1. The highest BCUT2D eigenvalue weighted by Gasteiger charge is 2.54. The van der Waals surface area contributed by atoms with Crippen LogP contribution in [0.1, 0.15) is 13.8 Å². The Morgan fingerprint density at radius 3 is 2.82 bits per heavy atom. The fourth-order valence-corrected chi connectivity index (χ4v) is 3.74. The lowest BCUT2D eigenvalue weighted by atomic mass is 9.69. The van der Waals surface area contributed by atoms with E-state index >= 15 is 0 Å². The second kappa shape index (κ2) is 3.55. The van der Waals surface area contributed by atoms with Crippen molar-refractivity contribution in [3.63, 3.8) is 0 Å². The Balaban J connectivity index is 2.11. The molecule has 3 aliphatic carbocycles. The van der Waals surface area contributed by atoms with Crippen LogP contribution >= 0.6 is 15.9 Å². The molecule has 1 nitrogen and oxygen atoms in total. The number of hydrogen-bond acceptors (Lipinski definition) is 1. The molecule has 0 bridgehead atoms. The van der Waals surface area contributed by atoms with E-state index in [-0.39, 0.29) is 17.3 Å². The summed E-state index contributed by atoms with van der Waals surface area (Å²) in [7, 11) is 0. The van der Waals surface area contributed by atoms with Crippen LogP contribution in [-0.4, -0.2) is 5.78 Å². The van der Waals surface area contributed by atoms with E-state index in [1.807, 2.05) is 0 Å². The van der Waals surface area contributed by atoms with Crippen LogP contribution in [0.5, 0.6) is 0 Å². The maximum atomic E-state index is 12.5. The number of fused-ring (bicyclic) bond motifs is 3. The monoisotopic (exact) mass is 290 g/mol. The van der Waals surface area contributed by atoms with Crippen LogP contribution in [0.4, 0.5) is 0 Å². The molecule has 3 rings (SSSR count). The summed E-state index contributed by atoms with van der Waals surface area (Å²) in [5.41, 5.74) is 1.15. The fraction of sp³-hybridized carbons (Fsp3) is 0.400. The Labute approximate surface area is 110 Å². The van der Waals surface area contributed by atoms with Crippen molar-refractivity contribution in [2.45, 2.75) is 13.8 Å². The molecule has 3 aliphatic rings. The van der Waals surface area contributed by atoms with Crippen LogP contribution in [-0.2, 0) is 4.79 Å². The van der Waals surface area contributed by atoms with E-state index in [0.29, 0.717) is 11.7 Å². The van der Waals surface area contributed by atoms with Gasteiger partial charge in [-0.15, -0.1) is 0 Å². The molecule has 0 aromatic heterocycles. The van der Waals surface area contributed by atoms with E-state index in [4.69, 9.17) is 0 Å². The summed E-state index contributed by atoms with van der Waals surface area (Å²) in [5.74, 6) is 0.761. The van der Waals surface area contributed by atoms with Crippen molar-refractivity contribution in [1.82, 2.24) is 0 Å². The quantitative estimate of drug-likeness (QED) is 0.663. The van der Waals surface area contributed by atoms with E-state index in [1.165, 1.54) is 5.57 Å². The highest BCUT2D eigenvalue weighted by molar-refractivity contribution is 9.11. The van der Waals surface area contributed by atoms with Crippen molar-refractivity contribution in [3.05, 3.63) is 46.5 Å². The Morgan fingerprint density at radius 1 is 1.29 bits per heavy atom. The number of carbonyl (C=O) groups is 1. The van der Waals surface area contributed by atoms with E-state index in [2.05, 4.69) is 66.2 Å². The zero-order chi connectivity index (χ0) is 12.2.